The summed E-state index contributed by atoms with van der Waals surface area (Å²) in [6.07, 6.45) is 3.38. The lowest BCUT2D eigenvalue weighted by atomic mass is 10.2. The number of likely N-dealkylation sites (tertiary alicyclic amines) is 1. The number of aliphatic hydroxyl groups excluding tert-OH is 1. The van der Waals surface area contributed by atoms with Crippen molar-refractivity contribution < 1.29 is 19.3 Å². The number of H-pyrrole nitrogens is 1. The summed E-state index contributed by atoms with van der Waals surface area (Å²) in [5.74, 6) is 1.83. The number of aromatic nitrogens is 3. The minimum Gasteiger partial charge on any atom is -0.467 e. The molecule has 0 saturated carbocycles. The molecule has 0 amide bonds. The molecule has 0 bridgehead atoms. The number of hydrogen-bond donors (Lipinski definition) is 2. The summed E-state index contributed by atoms with van der Waals surface area (Å²) in [6, 6.07) is 13.5. The van der Waals surface area contributed by atoms with Gasteiger partial charge in [-0.15, -0.1) is 0 Å². The summed E-state index contributed by atoms with van der Waals surface area (Å²) >= 11 is 0. The fourth-order valence-electron chi connectivity index (χ4n) is 4.22. The zero-order valence-electron chi connectivity index (χ0n) is 18.7. The van der Waals surface area contributed by atoms with Crippen LogP contribution in [0.1, 0.15) is 18.5 Å². The summed E-state index contributed by atoms with van der Waals surface area (Å²) in [5, 5.41) is 12.0. The predicted molar refractivity (Wildman–Crippen MR) is 126 cm³/mol. The third-order valence-corrected chi connectivity index (χ3v) is 5.80. The Kier molecular flexibility index (Phi) is 6.39. The Balaban J connectivity index is 1.19. The first-order valence-corrected chi connectivity index (χ1v) is 11.3. The Morgan fingerprint density at radius 1 is 1.06 bits per heavy atom. The van der Waals surface area contributed by atoms with Gasteiger partial charge in [0.2, 0.25) is 5.88 Å². The van der Waals surface area contributed by atoms with Crippen LogP contribution in [0.5, 0.6) is 17.4 Å². The van der Waals surface area contributed by atoms with Crippen molar-refractivity contribution in [3.63, 3.8) is 0 Å². The van der Waals surface area contributed by atoms with Crippen LogP contribution < -0.4 is 9.47 Å². The van der Waals surface area contributed by atoms with E-state index in [9.17, 15) is 5.11 Å². The van der Waals surface area contributed by atoms with E-state index in [0.29, 0.717) is 29.4 Å². The number of hydrogen-bond acceptors (Lipinski definition) is 7. The molecule has 2 aromatic carbocycles. The maximum Gasteiger partial charge on any atom is 0.230 e. The third kappa shape index (κ3) is 5.24. The van der Waals surface area contributed by atoms with Crippen molar-refractivity contribution in [2.24, 2.45) is 0 Å². The second-order valence-electron chi connectivity index (χ2n) is 8.46. The first-order chi connectivity index (χ1) is 16.1. The molecule has 1 atom stereocenters. The number of aliphatic hydroxyl groups is 1. The van der Waals surface area contributed by atoms with Crippen molar-refractivity contribution >= 4 is 21.8 Å². The van der Waals surface area contributed by atoms with E-state index in [-0.39, 0.29) is 13.4 Å². The monoisotopic (exact) mass is 448 g/mol. The molecule has 4 aromatic rings. The van der Waals surface area contributed by atoms with Crippen molar-refractivity contribution in [1.29, 1.82) is 0 Å². The van der Waals surface area contributed by atoms with Gasteiger partial charge in [0.25, 0.3) is 0 Å². The molecule has 5 rings (SSSR count). The Morgan fingerprint density at radius 3 is 2.79 bits per heavy atom. The Labute approximate surface area is 192 Å². The van der Waals surface area contributed by atoms with Gasteiger partial charge in [0.1, 0.15) is 17.8 Å². The molecule has 0 aliphatic carbocycles. The highest BCUT2D eigenvalue weighted by Gasteiger charge is 2.16. The molecule has 0 spiro atoms. The van der Waals surface area contributed by atoms with E-state index >= 15 is 0 Å². The van der Waals surface area contributed by atoms with Crippen LogP contribution in [0.2, 0.25) is 0 Å². The average Bonchev–Trinajstić information content (AvgIpc) is 3.45. The number of fused-ring (bicyclic) bond motifs is 2. The van der Waals surface area contributed by atoms with E-state index < -0.39 is 6.10 Å². The highest BCUT2D eigenvalue weighted by molar-refractivity contribution is 5.85. The molecule has 8 heteroatoms. The first-order valence-electron chi connectivity index (χ1n) is 11.3. The van der Waals surface area contributed by atoms with E-state index in [0.717, 1.165) is 35.1 Å². The van der Waals surface area contributed by atoms with Gasteiger partial charge in [0, 0.05) is 29.2 Å². The molecule has 172 valence electrons. The minimum absolute atomic E-state index is 0.0626. The van der Waals surface area contributed by atoms with E-state index in [1.165, 1.54) is 19.2 Å². The zero-order valence-corrected chi connectivity index (χ0v) is 18.7. The first kappa shape index (κ1) is 21.6. The lowest BCUT2D eigenvalue weighted by Gasteiger charge is -2.19. The summed E-state index contributed by atoms with van der Waals surface area (Å²) < 4.78 is 17.3. The fraction of sp³-hybridized carbons (Fsp3) is 0.360. The van der Waals surface area contributed by atoms with Gasteiger partial charge in [-0.1, -0.05) is 0 Å². The average molecular weight is 449 g/mol. The molecule has 1 aliphatic heterocycles. The van der Waals surface area contributed by atoms with Gasteiger partial charge in [-0.2, -0.15) is 0 Å². The Hall–Kier alpha value is -3.20. The van der Waals surface area contributed by atoms with Crippen molar-refractivity contribution in [3.8, 4) is 17.4 Å². The largest absolute Gasteiger partial charge is 0.467 e. The van der Waals surface area contributed by atoms with E-state index in [4.69, 9.17) is 14.2 Å². The fourth-order valence-corrected chi connectivity index (χ4v) is 4.22. The maximum absolute atomic E-state index is 10.1. The van der Waals surface area contributed by atoms with E-state index in [1.54, 1.807) is 0 Å². The number of rotatable bonds is 9. The Morgan fingerprint density at radius 2 is 1.91 bits per heavy atom. The molecule has 1 fully saturated rings. The number of nitrogens with one attached hydrogen (secondary N) is 1. The highest BCUT2D eigenvalue weighted by atomic mass is 16.7. The summed E-state index contributed by atoms with van der Waals surface area (Å²) in [7, 11) is 0. The molecular formula is C25H28N4O4. The van der Waals surface area contributed by atoms with Gasteiger partial charge in [-0.25, -0.2) is 9.97 Å². The zero-order chi connectivity index (χ0) is 22.6. The number of ether oxygens (including phenoxy) is 3. The number of nitrogens with zero attached hydrogens (tertiary/aromatic N) is 3. The van der Waals surface area contributed by atoms with Crippen molar-refractivity contribution in [3.05, 3.63) is 54.5 Å². The number of benzene rings is 2. The van der Waals surface area contributed by atoms with Crippen LogP contribution in [-0.4, -0.2) is 64.1 Å². The molecular weight excluding hydrogens is 420 g/mol. The number of β-amino-alcohol motifs (C(OH)–C–C–N with tert-alkyl or cyclic N) is 1. The quantitative estimate of drug-likeness (QED) is 0.295. The normalized spacial score (nSPS) is 15.3. The topological polar surface area (TPSA) is 92.7 Å². The third-order valence-electron chi connectivity index (χ3n) is 5.80. The van der Waals surface area contributed by atoms with Gasteiger partial charge in [-0.3, -0.25) is 0 Å². The lowest BCUT2D eigenvalue weighted by Crippen LogP contribution is -2.33. The van der Waals surface area contributed by atoms with Crippen LogP contribution in [0, 0.1) is 6.92 Å². The molecule has 1 saturated heterocycles. The molecule has 2 N–H and O–H groups in total. The van der Waals surface area contributed by atoms with Crippen molar-refractivity contribution in [1.82, 2.24) is 19.9 Å². The minimum atomic E-state index is -0.509. The molecule has 1 unspecified atom stereocenters. The van der Waals surface area contributed by atoms with Crippen LogP contribution in [0.15, 0.2) is 48.8 Å². The van der Waals surface area contributed by atoms with E-state index in [1.807, 2.05) is 43.3 Å². The van der Waals surface area contributed by atoms with Gasteiger partial charge in [0.15, 0.2) is 6.79 Å². The van der Waals surface area contributed by atoms with Gasteiger partial charge >= 0.3 is 0 Å². The van der Waals surface area contributed by atoms with Gasteiger partial charge in [-0.05, 0) is 69.3 Å². The molecule has 33 heavy (non-hydrogen) atoms. The SMILES string of the molecule is Cc1cc2cc(Oc3ncnc4cc(OCOCC(O)CN5CCCC5)ccc34)ccc2[nH]1. The maximum atomic E-state index is 10.1. The Bertz CT molecular complexity index is 1240. The molecule has 1 aliphatic rings. The predicted octanol–water partition coefficient (Wildman–Crippen LogP) is 4.02. The lowest BCUT2D eigenvalue weighted by molar-refractivity contribution is -0.0362. The van der Waals surface area contributed by atoms with Crippen LogP contribution in [0.3, 0.4) is 0 Å². The standard InChI is InChI=1S/C25H28N4O4/c1-17-10-18-11-21(5-7-23(18)28-17)33-25-22-6-4-20(12-24(22)26-15-27-25)32-16-31-14-19(30)13-29-8-2-3-9-29/h4-7,10-12,15,19,28,30H,2-3,8-9,13-14,16H2,1H3. The second-order valence-corrected chi connectivity index (χ2v) is 8.46. The summed E-state index contributed by atoms with van der Waals surface area (Å²) in [6.45, 7) is 5.09. The summed E-state index contributed by atoms with van der Waals surface area (Å²) in [4.78, 5) is 14.2. The van der Waals surface area contributed by atoms with Crippen LogP contribution in [-0.2, 0) is 4.74 Å². The molecule has 2 aromatic heterocycles. The van der Waals surface area contributed by atoms with Crippen LogP contribution in [0.25, 0.3) is 21.8 Å². The van der Waals surface area contributed by atoms with Crippen LogP contribution in [0.4, 0.5) is 0 Å². The van der Waals surface area contributed by atoms with Crippen LogP contribution >= 0.6 is 0 Å². The van der Waals surface area contributed by atoms with E-state index in [2.05, 4.69) is 25.9 Å². The highest BCUT2D eigenvalue weighted by Crippen LogP contribution is 2.30. The molecule has 8 nitrogen and oxygen atoms in total. The van der Waals surface area contributed by atoms with Crippen molar-refractivity contribution in [2.75, 3.05) is 33.0 Å². The van der Waals surface area contributed by atoms with Gasteiger partial charge in [0.05, 0.1) is 23.6 Å². The number of aromatic amines is 1. The molecule has 3 heterocycles. The molecule has 0 radical (unpaired) electrons. The van der Waals surface area contributed by atoms with Crippen molar-refractivity contribution in [2.45, 2.75) is 25.9 Å². The summed E-state index contributed by atoms with van der Waals surface area (Å²) in [5.41, 5.74) is 2.89. The smallest absolute Gasteiger partial charge is 0.230 e. The van der Waals surface area contributed by atoms with Gasteiger partial charge < -0.3 is 29.2 Å². The number of aryl methyl sites for hydroxylation is 1. The second kappa shape index (κ2) is 9.74.